The van der Waals surface area contributed by atoms with Gasteiger partial charge in [0.2, 0.25) is 5.69 Å². The Bertz CT molecular complexity index is 1140. The van der Waals surface area contributed by atoms with Crippen molar-refractivity contribution in [3.05, 3.63) is 71.5 Å². The van der Waals surface area contributed by atoms with Crippen LogP contribution in [0.4, 0.5) is 11.4 Å². The minimum absolute atomic E-state index is 0. The number of hydrogen-bond acceptors (Lipinski definition) is 3. The molecule has 0 atom stereocenters. The van der Waals surface area contributed by atoms with Gasteiger partial charge in [0.25, 0.3) is 0 Å². The Labute approximate surface area is 198 Å². The Morgan fingerprint density at radius 2 is 1.47 bits per heavy atom. The monoisotopic (exact) mass is 452 g/mol. The van der Waals surface area contributed by atoms with E-state index in [1.54, 1.807) is 14.2 Å². The fraction of sp³-hybridized carbons (Fsp3) is 0.370. The van der Waals surface area contributed by atoms with Gasteiger partial charge in [-0.05, 0) is 55.8 Å². The standard InChI is InChI=1S/C27H33N2O2.ClH/c1-26(2)20-16-18(30-7)12-14-22(20)28(5)24(26)10-9-11-25-27(3,4)21-17-19(31-8)13-15-23(21)29(25)6;/h9-17H,1-8H3;1H/q+1;/p-1. The van der Waals surface area contributed by atoms with E-state index in [1.165, 1.54) is 33.9 Å². The van der Waals surface area contributed by atoms with E-state index >= 15 is 0 Å². The van der Waals surface area contributed by atoms with Crippen LogP contribution in [0, 0.1) is 0 Å². The van der Waals surface area contributed by atoms with Crippen LogP contribution in [0.5, 0.6) is 11.5 Å². The molecule has 2 aromatic carbocycles. The van der Waals surface area contributed by atoms with Crippen molar-refractivity contribution >= 4 is 17.1 Å². The number of ether oxygens (including phenoxy) is 2. The van der Waals surface area contributed by atoms with Crippen molar-refractivity contribution in [3.63, 3.8) is 0 Å². The first kappa shape index (κ1) is 23.9. The summed E-state index contributed by atoms with van der Waals surface area (Å²) in [5, 5.41) is 0. The number of anilines is 1. The van der Waals surface area contributed by atoms with Gasteiger partial charge in [0.15, 0.2) is 5.71 Å². The summed E-state index contributed by atoms with van der Waals surface area (Å²) in [7, 11) is 7.72. The lowest BCUT2D eigenvalue weighted by atomic mass is 9.81. The van der Waals surface area contributed by atoms with E-state index in [2.05, 4.69) is 93.8 Å². The lowest BCUT2D eigenvalue weighted by molar-refractivity contribution is -0.401. The maximum Gasteiger partial charge on any atom is 0.209 e. The molecule has 0 saturated carbocycles. The predicted molar refractivity (Wildman–Crippen MR) is 129 cm³/mol. The molecule has 32 heavy (non-hydrogen) atoms. The van der Waals surface area contributed by atoms with Crippen LogP contribution in [0.25, 0.3) is 0 Å². The summed E-state index contributed by atoms with van der Waals surface area (Å²) < 4.78 is 13.2. The van der Waals surface area contributed by atoms with Crippen molar-refractivity contribution < 1.29 is 26.5 Å². The van der Waals surface area contributed by atoms with Gasteiger partial charge in [-0.15, -0.1) is 0 Å². The van der Waals surface area contributed by atoms with E-state index in [-0.39, 0.29) is 23.2 Å². The van der Waals surface area contributed by atoms with Crippen molar-refractivity contribution in [3.8, 4) is 11.5 Å². The van der Waals surface area contributed by atoms with E-state index < -0.39 is 0 Å². The van der Waals surface area contributed by atoms with Crippen molar-refractivity contribution in [2.45, 2.75) is 38.5 Å². The molecule has 4 nitrogen and oxygen atoms in total. The zero-order chi connectivity index (χ0) is 22.6. The molecule has 0 spiro atoms. The SMILES string of the molecule is COc1ccc2c(c1)C(C)(C)C(=CC=CC1=[N+](C)c3ccc(OC)cc3C1(C)C)N2C.[Cl-]. The van der Waals surface area contributed by atoms with Crippen molar-refractivity contribution in [2.75, 3.05) is 33.2 Å². The Balaban J connectivity index is 0.00000289. The minimum atomic E-state index is -0.0962. The van der Waals surface area contributed by atoms with Gasteiger partial charge >= 0.3 is 0 Å². The third-order valence-electron chi connectivity index (χ3n) is 6.99. The van der Waals surface area contributed by atoms with Crippen molar-refractivity contribution in [2.24, 2.45) is 0 Å². The van der Waals surface area contributed by atoms with Crippen LogP contribution in [0.15, 0.2) is 60.3 Å². The number of nitrogens with zero attached hydrogens (tertiary/aromatic N) is 2. The fourth-order valence-corrected chi connectivity index (χ4v) is 5.12. The van der Waals surface area contributed by atoms with E-state index in [1.807, 2.05) is 12.1 Å². The van der Waals surface area contributed by atoms with Crippen molar-refractivity contribution in [1.82, 2.24) is 0 Å². The highest BCUT2D eigenvalue weighted by Gasteiger charge is 2.43. The molecule has 0 aromatic heterocycles. The molecule has 0 saturated heterocycles. The average Bonchev–Trinajstić information content (AvgIpc) is 3.06. The highest BCUT2D eigenvalue weighted by molar-refractivity contribution is 6.03. The highest BCUT2D eigenvalue weighted by Crippen LogP contribution is 2.48. The second-order valence-corrected chi connectivity index (χ2v) is 9.43. The van der Waals surface area contributed by atoms with Crippen LogP contribution < -0.4 is 26.8 Å². The number of hydrogen-bond donors (Lipinski definition) is 0. The van der Waals surface area contributed by atoms with Crippen LogP contribution in [0.1, 0.15) is 38.8 Å². The molecule has 0 bridgehead atoms. The molecule has 0 N–H and O–H groups in total. The van der Waals surface area contributed by atoms with Gasteiger partial charge in [-0.1, -0.05) is 19.9 Å². The van der Waals surface area contributed by atoms with Gasteiger partial charge in [0.05, 0.1) is 19.6 Å². The van der Waals surface area contributed by atoms with Gasteiger partial charge < -0.3 is 26.8 Å². The van der Waals surface area contributed by atoms with E-state index in [0.717, 1.165) is 11.5 Å². The molecule has 2 heterocycles. The zero-order valence-corrected chi connectivity index (χ0v) is 21.0. The molecule has 170 valence electrons. The summed E-state index contributed by atoms with van der Waals surface area (Å²) in [5.41, 5.74) is 7.39. The maximum atomic E-state index is 5.46. The molecular formula is C27H33ClN2O2. The predicted octanol–water partition coefficient (Wildman–Crippen LogP) is 2.58. The van der Waals surface area contributed by atoms with Crippen LogP contribution in [-0.2, 0) is 10.8 Å². The fourth-order valence-electron chi connectivity index (χ4n) is 5.12. The molecule has 2 aliphatic rings. The molecule has 2 aliphatic heterocycles. The van der Waals surface area contributed by atoms with Crippen molar-refractivity contribution in [1.29, 1.82) is 0 Å². The first-order valence-corrected chi connectivity index (χ1v) is 10.7. The molecule has 0 unspecified atom stereocenters. The van der Waals surface area contributed by atoms with Gasteiger partial charge in [-0.2, -0.15) is 4.58 Å². The summed E-state index contributed by atoms with van der Waals surface area (Å²) >= 11 is 0. The molecule has 4 rings (SSSR count). The van der Waals surface area contributed by atoms with E-state index in [9.17, 15) is 0 Å². The summed E-state index contributed by atoms with van der Waals surface area (Å²) in [6, 6.07) is 12.7. The van der Waals surface area contributed by atoms with E-state index in [4.69, 9.17) is 9.47 Å². The van der Waals surface area contributed by atoms with Crippen LogP contribution >= 0.6 is 0 Å². The Kier molecular flexibility index (Phi) is 6.23. The molecular weight excluding hydrogens is 420 g/mol. The number of halogens is 1. The van der Waals surface area contributed by atoms with Gasteiger partial charge in [-0.3, -0.25) is 0 Å². The number of allylic oxidation sites excluding steroid dienone is 4. The lowest BCUT2D eigenvalue weighted by Crippen LogP contribution is -3.00. The number of methoxy groups -OCH3 is 2. The molecule has 0 aliphatic carbocycles. The number of likely N-dealkylation sites (N-methyl/N-ethyl adjacent to an activating group) is 1. The smallest absolute Gasteiger partial charge is 0.209 e. The largest absolute Gasteiger partial charge is 1.00 e. The van der Waals surface area contributed by atoms with E-state index in [0.29, 0.717) is 0 Å². The Hall–Kier alpha value is -2.72. The summed E-state index contributed by atoms with van der Waals surface area (Å²) in [4.78, 5) is 2.28. The topological polar surface area (TPSA) is 24.7 Å². The normalized spacial score (nSPS) is 19.2. The maximum absolute atomic E-state index is 5.46. The number of benzene rings is 2. The number of rotatable bonds is 4. The van der Waals surface area contributed by atoms with Crippen LogP contribution in [-0.4, -0.2) is 38.6 Å². The summed E-state index contributed by atoms with van der Waals surface area (Å²) in [6.45, 7) is 9.09. The third kappa shape index (κ3) is 3.51. The first-order valence-electron chi connectivity index (χ1n) is 10.7. The highest BCUT2D eigenvalue weighted by atomic mass is 35.5. The van der Waals surface area contributed by atoms with Crippen LogP contribution in [0.2, 0.25) is 0 Å². The van der Waals surface area contributed by atoms with Gasteiger partial charge in [0.1, 0.15) is 18.5 Å². The quantitative estimate of drug-likeness (QED) is 0.666. The second-order valence-electron chi connectivity index (χ2n) is 9.43. The molecule has 0 radical (unpaired) electrons. The van der Waals surface area contributed by atoms with Gasteiger partial charge in [0, 0.05) is 41.6 Å². The Morgan fingerprint density at radius 1 is 0.875 bits per heavy atom. The zero-order valence-electron chi connectivity index (χ0n) is 20.3. The molecule has 2 aromatic rings. The second kappa shape index (κ2) is 8.32. The third-order valence-corrected chi connectivity index (χ3v) is 6.99. The minimum Gasteiger partial charge on any atom is -1.00 e. The first-order chi connectivity index (χ1) is 14.6. The summed E-state index contributed by atoms with van der Waals surface area (Å²) in [5.74, 6) is 1.80. The number of fused-ring (bicyclic) bond motifs is 2. The molecule has 0 amide bonds. The summed E-state index contributed by atoms with van der Waals surface area (Å²) in [6.07, 6.45) is 6.67. The Morgan fingerprint density at radius 3 is 2.09 bits per heavy atom. The van der Waals surface area contributed by atoms with Crippen LogP contribution in [0.3, 0.4) is 0 Å². The average molecular weight is 453 g/mol. The molecule has 5 heteroatoms. The lowest BCUT2D eigenvalue weighted by Gasteiger charge is -2.23. The molecule has 0 fully saturated rings. The van der Waals surface area contributed by atoms with Gasteiger partial charge in [-0.25, -0.2) is 0 Å².